The zero-order valence-corrected chi connectivity index (χ0v) is 15.3. The summed E-state index contributed by atoms with van der Waals surface area (Å²) in [4.78, 5) is 12.7. The topological polar surface area (TPSA) is 26.9 Å². The first kappa shape index (κ1) is 18.3. The molecule has 3 heteroatoms. The molecule has 1 heterocycles. The number of allylic oxidation sites excluding steroid dienone is 1. The molecule has 0 fully saturated rings. The molecule has 0 saturated carbocycles. The van der Waals surface area contributed by atoms with Crippen molar-refractivity contribution in [3.8, 4) is 5.69 Å². The Morgan fingerprint density at radius 1 is 1.00 bits per heavy atom. The summed E-state index contributed by atoms with van der Waals surface area (Å²) in [5.41, 5.74) is 2.76. The van der Waals surface area contributed by atoms with Gasteiger partial charge in [-0.15, -0.1) is 0 Å². The number of aromatic nitrogens is 2. The van der Waals surface area contributed by atoms with Crippen LogP contribution < -0.4 is 5.56 Å². The van der Waals surface area contributed by atoms with Crippen LogP contribution in [0.1, 0.15) is 63.1 Å². The van der Waals surface area contributed by atoms with E-state index in [1.165, 1.54) is 38.5 Å². The molecular weight excluding hydrogens is 296 g/mol. The Morgan fingerprint density at radius 3 is 2.38 bits per heavy atom. The SMILES string of the molecule is CCCCCCCC/C=C/c1c(C)n(C)n(-c2ccccc2)c1=O. The maximum atomic E-state index is 12.7. The lowest BCUT2D eigenvalue weighted by Gasteiger charge is -2.07. The van der Waals surface area contributed by atoms with E-state index in [1.807, 2.05) is 55.1 Å². The van der Waals surface area contributed by atoms with Crippen LogP contribution in [0.3, 0.4) is 0 Å². The minimum Gasteiger partial charge on any atom is -0.285 e. The van der Waals surface area contributed by atoms with Crippen molar-refractivity contribution in [3.63, 3.8) is 0 Å². The van der Waals surface area contributed by atoms with Crippen molar-refractivity contribution in [2.45, 2.75) is 58.8 Å². The Bertz CT molecular complexity index is 707. The van der Waals surface area contributed by atoms with Gasteiger partial charge in [-0.05, 0) is 31.9 Å². The summed E-state index contributed by atoms with van der Waals surface area (Å²) in [6.07, 6.45) is 13.0. The van der Waals surface area contributed by atoms with Crippen LogP contribution in [-0.2, 0) is 7.05 Å². The predicted molar refractivity (Wildman–Crippen MR) is 103 cm³/mol. The molecule has 0 unspecified atom stereocenters. The van der Waals surface area contributed by atoms with Crippen LogP contribution in [0.2, 0.25) is 0 Å². The van der Waals surface area contributed by atoms with E-state index in [0.29, 0.717) is 0 Å². The van der Waals surface area contributed by atoms with Crippen molar-refractivity contribution >= 4 is 6.08 Å². The molecule has 0 spiro atoms. The molecule has 0 N–H and O–H groups in total. The second kappa shape index (κ2) is 9.31. The highest BCUT2D eigenvalue weighted by Gasteiger charge is 2.13. The van der Waals surface area contributed by atoms with Gasteiger partial charge in [0.1, 0.15) is 0 Å². The van der Waals surface area contributed by atoms with Gasteiger partial charge in [0.15, 0.2) is 0 Å². The van der Waals surface area contributed by atoms with Crippen molar-refractivity contribution in [3.05, 3.63) is 58.0 Å². The Hall–Kier alpha value is -2.03. The van der Waals surface area contributed by atoms with Gasteiger partial charge in [-0.2, -0.15) is 0 Å². The smallest absolute Gasteiger partial charge is 0.278 e. The lowest BCUT2D eigenvalue weighted by molar-refractivity contribution is 0.611. The van der Waals surface area contributed by atoms with Crippen molar-refractivity contribution in [2.24, 2.45) is 7.05 Å². The molecule has 3 nitrogen and oxygen atoms in total. The predicted octanol–water partition coefficient (Wildman–Crippen LogP) is 5.25. The van der Waals surface area contributed by atoms with Crippen molar-refractivity contribution in [1.29, 1.82) is 0 Å². The van der Waals surface area contributed by atoms with E-state index in [1.54, 1.807) is 4.68 Å². The van der Waals surface area contributed by atoms with Crippen LogP contribution in [0.15, 0.2) is 41.2 Å². The fraction of sp³-hybridized carbons (Fsp3) is 0.476. The summed E-state index contributed by atoms with van der Waals surface area (Å²) in [6, 6.07) is 9.80. The van der Waals surface area contributed by atoms with Crippen molar-refractivity contribution in [1.82, 2.24) is 9.36 Å². The van der Waals surface area contributed by atoms with Gasteiger partial charge < -0.3 is 0 Å². The molecule has 0 aliphatic rings. The average molecular weight is 326 g/mol. The van der Waals surface area contributed by atoms with Crippen LogP contribution in [0.25, 0.3) is 11.8 Å². The number of nitrogens with zero attached hydrogens (tertiary/aromatic N) is 2. The Morgan fingerprint density at radius 2 is 1.67 bits per heavy atom. The molecule has 0 amide bonds. The van der Waals surface area contributed by atoms with Crippen LogP contribution in [0.4, 0.5) is 0 Å². The van der Waals surface area contributed by atoms with E-state index < -0.39 is 0 Å². The highest BCUT2D eigenvalue weighted by molar-refractivity contribution is 5.52. The van der Waals surface area contributed by atoms with Crippen molar-refractivity contribution < 1.29 is 0 Å². The summed E-state index contributed by atoms with van der Waals surface area (Å²) in [5, 5.41) is 0. The maximum absolute atomic E-state index is 12.7. The van der Waals surface area contributed by atoms with Gasteiger partial charge in [-0.25, -0.2) is 4.68 Å². The molecule has 0 bridgehead atoms. The zero-order valence-electron chi connectivity index (χ0n) is 15.3. The number of rotatable bonds is 9. The highest BCUT2D eigenvalue weighted by atomic mass is 16.1. The Labute approximate surface area is 145 Å². The fourth-order valence-electron chi connectivity index (χ4n) is 3.02. The third kappa shape index (κ3) is 4.50. The molecule has 0 aliphatic heterocycles. The van der Waals surface area contributed by atoms with E-state index in [9.17, 15) is 4.79 Å². The van der Waals surface area contributed by atoms with Crippen molar-refractivity contribution in [2.75, 3.05) is 0 Å². The van der Waals surface area contributed by atoms with E-state index in [0.717, 1.165) is 23.4 Å². The van der Waals surface area contributed by atoms with E-state index >= 15 is 0 Å². The third-order valence-corrected chi connectivity index (χ3v) is 4.61. The second-order valence-electron chi connectivity index (χ2n) is 6.43. The molecule has 1 aromatic carbocycles. The molecule has 24 heavy (non-hydrogen) atoms. The Balaban J connectivity index is 2.01. The summed E-state index contributed by atoms with van der Waals surface area (Å²) < 4.78 is 3.67. The lowest BCUT2D eigenvalue weighted by atomic mass is 10.1. The largest absolute Gasteiger partial charge is 0.285 e. The van der Waals surface area contributed by atoms with E-state index in [4.69, 9.17) is 0 Å². The molecular formula is C21H30N2O. The van der Waals surface area contributed by atoms with Gasteiger partial charge in [-0.1, -0.05) is 69.4 Å². The molecule has 130 valence electrons. The first-order chi connectivity index (χ1) is 11.7. The number of hydrogen-bond acceptors (Lipinski definition) is 1. The van der Waals surface area contributed by atoms with Crippen LogP contribution in [-0.4, -0.2) is 9.36 Å². The molecule has 2 aromatic rings. The number of benzene rings is 1. The van der Waals surface area contributed by atoms with Crippen LogP contribution in [0, 0.1) is 6.92 Å². The second-order valence-corrected chi connectivity index (χ2v) is 6.43. The maximum Gasteiger partial charge on any atom is 0.278 e. The monoisotopic (exact) mass is 326 g/mol. The molecule has 0 radical (unpaired) electrons. The first-order valence-electron chi connectivity index (χ1n) is 9.17. The van der Waals surface area contributed by atoms with E-state index in [2.05, 4.69) is 13.0 Å². The van der Waals surface area contributed by atoms with Gasteiger partial charge in [0.2, 0.25) is 0 Å². The van der Waals surface area contributed by atoms with Gasteiger partial charge in [0.25, 0.3) is 5.56 Å². The normalized spacial score (nSPS) is 11.5. The summed E-state index contributed by atoms with van der Waals surface area (Å²) in [6.45, 7) is 4.25. The lowest BCUT2D eigenvalue weighted by Crippen LogP contribution is -2.20. The summed E-state index contributed by atoms with van der Waals surface area (Å²) in [7, 11) is 1.94. The molecule has 0 atom stereocenters. The quantitative estimate of drug-likeness (QED) is 0.578. The molecule has 2 rings (SSSR count). The van der Waals surface area contributed by atoms with Gasteiger partial charge in [-0.3, -0.25) is 9.48 Å². The first-order valence-corrected chi connectivity index (χ1v) is 9.17. The van der Waals surface area contributed by atoms with Crippen LogP contribution in [0.5, 0.6) is 0 Å². The van der Waals surface area contributed by atoms with Gasteiger partial charge in [0.05, 0.1) is 11.3 Å². The summed E-state index contributed by atoms with van der Waals surface area (Å²) >= 11 is 0. The standard InChI is InChI=1S/C21H30N2O/c1-4-5-6-7-8-9-10-14-17-20-18(2)22(3)23(21(20)24)19-15-12-11-13-16-19/h11-17H,4-10H2,1-3H3/b17-14+. The minimum atomic E-state index is 0.0559. The third-order valence-electron chi connectivity index (χ3n) is 4.61. The summed E-state index contributed by atoms with van der Waals surface area (Å²) in [5.74, 6) is 0. The zero-order chi connectivity index (χ0) is 17.4. The number of hydrogen-bond donors (Lipinski definition) is 0. The molecule has 1 aromatic heterocycles. The Kier molecular flexibility index (Phi) is 7.10. The van der Waals surface area contributed by atoms with E-state index in [-0.39, 0.29) is 5.56 Å². The van der Waals surface area contributed by atoms with Crippen LogP contribution >= 0.6 is 0 Å². The number of para-hydroxylation sites is 1. The highest BCUT2D eigenvalue weighted by Crippen LogP contribution is 2.12. The average Bonchev–Trinajstić information content (AvgIpc) is 2.81. The fourth-order valence-corrected chi connectivity index (χ4v) is 3.02. The molecule has 0 saturated heterocycles. The van der Waals surface area contributed by atoms with Gasteiger partial charge in [0, 0.05) is 12.7 Å². The minimum absolute atomic E-state index is 0.0559. The van der Waals surface area contributed by atoms with Gasteiger partial charge >= 0.3 is 0 Å². The molecule has 0 aliphatic carbocycles. The number of unbranched alkanes of at least 4 members (excludes halogenated alkanes) is 6.